The number of nitrogens with one attached hydrogen (secondary N) is 1. The molecule has 7 heteroatoms. The van der Waals surface area contributed by atoms with E-state index in [1.165, 1.54) is 12.1 Å². The zero-order valence-electron chi connectivity index (χ0n) is 9.25. The summed E-state index contributed by atoms with van der Waals surface area (Å²) in [4.78, 5) is 21.8. The molecule has 2 amide bonds. The first kappa shape index (κ1) is 14.0. The maximum absolute atomic E-state index is 12.6. The van der Waals surface area contributed by atoms with Crippen molar-refractivity contribution in [3.05, 3.63) is 29.8 Å². The third-order valence-corrected chi connectivity index (χ3v) is 2.11. The highest BCUT2D eigenvalue weighted by molar-refractivity contribution is 5.93. The Kier molecular flexibility index (Phi) is 4.30. The van der Waals surface area contributed by atoms with Crippen LogP contribution in [-0.2, 0) is 15.8 Å². The quantitative estimate of drug-likeness (QED) is 0.867. The predicted octanol–water partition coefficient (Wildman–Crippen LogP) is 1.91. The first-order valence-corrected chi connectivity index (χ1v) is 5.05. The van der Waals surface area contributed by atoms with Crippen molar-refractivity contribution in [2.45, 2.75) is 19.0 Å². The molecule has 0 aliphatic rings. The molecule has 1 rings (SSSR count). The van der Waals surface area contributed by atoms with Crippen LogP contribution in [-0.4, -0.2) is 11.8 Å². The van der Waals surface area contributed by atoms with Gasteiger partial charge in [0, 0.05) is 12.8 Å². The van der Waals surface area contributed by atoms with E-state index in [9.17, 15) is 22.8 Å². The molecule has 0 saturated carbocycles. The zero-order valence-corrected chi connectivity index (χ0v) is 9.25. The smallest absolute Gasteiger partial charge is 0.370 e. The van der Waals surface area contributed by atoms with Crippen LogP contribution >= 0.6 is 0 Å². The average Bonchev–Trinajstić information content (AvgIpc) is 2.25. The molecular weight excluding hydrogens is 249 g/mol. The lowest BCUT2D eigenvalue weighted by Gasteiger charge is -2.13. The molecule has 18 heavy (non-hydrogen) atoms. The molecule has 3 N–H and O–H groups in total. The first-order chi connectivity index (χ1) is 8.30. The Morgan fingerprint density at radius 3 is 2.33 bits per heavy atom. The molecular formula is C11H11F3N2O2. The minimum atomic E-state index is -4.55. The van der Waals surface area contributed by atoms with Gasteiger partial charge in [-0.3, -0.25) is 9.59 Å². The summed E-state index contributed by atoms with van der Waals surface area (Å²) in [5.74, 6) is -1.38. The molecule has 98 valence electrons. The monoisotopic (exact) mass is 260 g/mol. The second-order valence-electron chi connectivity index (χ2n) is 3.56. The van der Waals surface area contributed by atoms with E-state index in [-0.39, 0.29) is 18.5 Å². The lowest BCUT2D eigenvalue weighted by Crippen LogP contribution is -2.19. The van der Waals surface area contributed by atoms with Crippen LogP contribution in [0.5, 0.6) is 0 Å². The SMILES string of the molecule is NC(=O)CCC(=O)Nc1ccccc1C(F)(F)F. The number of anilines is 1. The van der Waals surface area contributed by atoms with Crippen molar-refractivity contribution in [3.8, 4) is 0 Å². The number of benzene rings is 1. The first-order valence-electron chi connectivity index (χ1n) is 5.05. The highest BCUT2D eigenvalue weighted by Gasteiger charge is 2.33. The van der Waals surface area contributed by atoms with Crippen LogP contribution in [0.1, 0.15) is 18.4 Å². The maximum atomic E-state index is 12.6. The van der Waals surface area contributed by atoms with Gasteiger partial charge in [0.15, 0.2) is 0 Å². The Bertz CT molecular complexity index is 458. The molecule has 0 spiro atoms. The number of nitrogens with two attached hydrogens (primary N) is 1. The van der Waals surface area contributed by atoms with Crippen molar-refractivity contribution in [2.24, 2.45) is 5.73 Å². The summed E-state index contributed by atoms with van der Waals surface area (Å²) >= 11 is 0. The van der Waals surface area contributed by atoms with E-state index < -0.39 is 23.6 Å². The fraction of sp³-hybridized carbons (Fsp3) is 0.273. The van der Waals surface area contributed by atoms with Gasteiger partial charge in [0.25, 0.3) is 0 Å². The average molecular weight is 260 g/mol. The lowest BCUT2D eigenvalue weighted by atomic mass is 10.1. The maximum Gasteiger partial charge on any atom is 0.418 e. The highest BCUT2D eigenvalue weighted by Crippen LogP contribution is 2.34. The van der Waals surface area contributed by atoms with E-state index in [2.05, 4.69) is 5.32 Å². The number of halogens is 3. The molecule has 0 bridgehead atoms. The summed E-state index contributed by atoms with van der Waals surface area (Å²) in [5.41, 5.74) is 3.57. The van der Waals surface area contributed by atoms with E-state index in [4.69, 9.17) is 5.73 Å². The van der Waals surface area contributed by atoms with Gasteiger partial charge in [-0.15, -0.1) is 0 Å². The number of carbonyl (C=O) groups is 2. The second kappa shape index (κ2) is 5.52. The summed E-state index contributed by atoms with van der Waals surface area (Å²) in [6.45, 7) is 0. The Labute approximate surface area is 101 Å². The van der Waals surface area contributed by atoms with Crippen LogP contribution in [0.4, 0.5) is 18.9 Å². The topological polar surface area (TPSA) is 72.2 Å². The minimum Gasteiger partial charge on any atom is -0.370 e. The molecule has 0 fully saturated rings. The predicted molar refractivity (Wildman–Crippen MR) is 58.5 cm³/mol. The van der Waals surface area contributed by atoms with Gasteiger partial charge in [-0.1, -0.05) is 12.1 Å². The third-order valence-electron chi connectivity index (χ3n) is 2.11. The van der Waals surface area contributed by atoms with Gasteiger partial charge in [-0.2, -0.15) is 13.2 Å². The van der Waals surface area contributed by atoms with Gasteiger partial charge < -0.3 is 11.1 Å². The summed E-state index contributed by atoms with van der Waals surface area (Å²) in [7, 11) is 0. The van der Waals surface area contributed by atoms with Crippen molar-refractivity contribution in [2.75, 3.05) is 5.32 Å². The van der Waals surface area contributed by atoms with Crippen molar-refractivity contribution < 1.29 is 22.8 Å². The number of primary amides is 1. The standard InChI is InChI=1S/C11H11F3N2O2/c12-11(13,14)7-3-1-2-4-8(7)16-10(18)6-5-9(15)17/h1-4H,5-6H2,(H2,15,17)(H,16,18). The number of rotatable bonds is 4. The van der Waals surface area contributed by atoms with E-state index >= 15 is 0 Å². The van der Waals surface area contributed by atoms with Gasteiger partial charge in [-0.05, 0) is 12.1 Å². The summed E-state index contributed by atoms with van der Waals surface area (Å²) < 4.78 is 37.8. The molecule has 0 heterocycles. The summed E-state index contributed by atoms with van der Waals surface area (Å²) in [6, 6.07) is 4.61. The van der Waals surface area contributed by atoms with Gasteiger partial charge >= 0.3 is 6.18 Å². The van der Waals surface area contributed by atoms with Crippen LogP contribution in [0.15, 0.2) is 24.3 Å². The highest BCUT2D eigenvalue weighted by atomic mass is 19.4. The molecule has 0 atom stereocenters. The fourth-order valence-electron chi connectivity index (χ4n) is 1.29. The van der Waals surface area contributed by atoms with Crippen LogP contribution in [0, 0.1) is 0 Å². The molecule has 0 aliphatic heterocycles. The molecule has 0 radical (unpaired) electrons. The van der Waals surface area contributed by atoms with Crippen molar-refractivity contribution in [1.82, 2.24) is 0 Å². The van der Waals surface area contributed by atoms with Crippen LogP contribution in [0.3, 0.4) is 0 Å². The molecule has 1 aromatic carbocycles. The van der Waals surface area contributed by atoms with E-state index in [1.54, 1.807) is 0 Å². The van der Waals surface area contributed by atoms with Crippen LogP contribution in [0.25, 0.3) is 0 Å². The summed E-state index contributed by atoms with van der Waals surface area (Å²) in [6.07, 6.45) is -5.00. The van der Waals surface area contributed by atoms with E-state index in [0.29, 0.717) is 0 Å². The Morgan fingerprint density at radius 2 is 1.78 bits per heavy atom. The van der Waals surface area contributed by atoms with Gasteiger partial charge in [-0.25, -0.2) is 0 Å². The summed E-state index contributed by atoms with van der Waals surface area (Å²) in [5, 5.41) is 2.11. The molecule has 0 unspecified atom stereocenters. The molecule has 4 nitrogen and oxygen atoms in total. The molecule has 0 saturated heterocycles. The van der Waals surface area contributed by atoms with E-state index in [0.717, 1.165) is 12.1 Å². The van der Waals surface area contributed by atoms with Crippen LogP contribution < -0.4 is 11.1 Å². The number of alkyl halides is 3. The van der Waals surface area contributed by atoms with Crippen molar-refractivity contribution in [3.63, 3.8) is 0 Å². The minimum absolute atomic E-state index is 0.208. The van der Waals surface area contributed by atoms with Crippen molar-refractivity contribution >= 4 is 17.5 Å². The zero-order chi connectivity index (χ0) is 13.8. The third kappa shape index (κ3) is 4.08. The largest absolute Gasteiger partial charge is 0.418 e. The Morgan fingerprint density at radius 1 is 1.17 bits per heavy atom. The number of para-hydroxylation sites is 1. The number of amides is 2. The molecule has 1 aromatic rings. The van der Waals surface area contributed by atoms with E-state index in [1.807, 2.05) is 0 Å². The Balaban J connectivity index is 2.79. The Hall–Kier alpha value is -2.05. The van der Waals surface area contributed by atoms with Crippen molar-refractivity contribution in [1.29, 1.82) is 0 Å². The molecule has 0 aliphatic carbocycles. The van der Waals surface area contributed by atoms with Gasteiger partial charge in [0.05, 0.1) is 11.3 Å². The number of hydrogen-bond donors (Lipinski definition) is 2. The number of carbonyl (C=O) groups excluding carboxylic acids is 2. The molecule has 0 aromatic heterocycles. The number of hydrogen-bond acceptors (Lipinski definition) is 2. The van der Waals surface area contributed by atoms with Gasteiger partial charge in [0.1, 0.15) is 0 Å². The fourth-order valence-corrected chi connectivity index (χ4v) is 1.29. The second-order valence-corrected chi connectivity index (χ2v) is 3.56. The van der Waals surface area contributed by atoms with Gasteiger partial charge in [0.2, 0.25) is 11.8 Å². The normalized spacial score (nSPS) is 11.1. The lowest BCUT2D eigenvalue weighted by molar-refractivity contribution is -0.137. The van der Waals surface area contributed by atoms with Crippen LogP contribution in [0.2, 0.25) is 0 Å².